The van der Waals surface area contributed by atoms with Crippen LogP contribution in [0.3, 0.4) is 0 Å². The van der Waals surface area contributed by atoms with Crippen LogP contribution in [-0.4, -0.2) is 125 Å². The summed E-state index contributed by atoms with van der Waals surface area (Å²) in [6.45, 7) is 10.4. The number of nitrogens with one attached hydrogen (secondary N) is 3. The molecule has 0 spiro atoms. The van der Waals surface area contributed by atoms with Crippen molar-refractivity contribution in [1.29, 1.82) is 5.41 Å². The zero-order chi connectivity index (χ0) is 56.5. The first-order valence-corrected chi connectivity index (χ1v) is 28.3. The highest BCUT2D eigenvalue weighted by Crippen LogP contribution is 2.53. The second-order valence-electron chi connectivity index (χ2n) is 22.4. The third-order valence-electron chi connectivity index (χ3n) is 16.7. The SMILES string of the molecule is Cc1cccnc1-c1ccc([C@H](CO)NC(=O)[C@@H]2CCCN2C(=O)[C@@H](N=C/C(=N\N)c2ccc(COc3c(-c4c(C)c(F)cc(N)c4C=N)c(C4CC4)cc4c(N5C[C@@H]6C[C@H]5CN6)nc(OC5CCOCC5)nc34)cc2)C(C)C)cc1. The van der Waals surface area contributed by atoms with E-state index in [2.05, 4.69) is 31.7 Å². The second kappa shape index (κ2) is 23.7. The predicted octanol–water partition coefficient (Wildman–Crippen LogP) is 7.86. The van der Waals surface area contributed by atoms with E-state index in [-0.39, 0.29) is 60.7 Å². The Bertz CT molecular complexity index is 3400. The number of benzene rings is 4. The number of likely N-dealkylation sites (tertiary alicyclic amines) is 1. The number of aliphatic imine (C=N–C) groups is 1. The van der Waals surface area contributed by atoms with Crippen molar-refractivity contribution in [1.82, 2.24) is 30.5 Å². The van der Waals surface area contributed by atoms with Crippen molar-refractivity contribution in [3.8, 4) is 34.1 Å². The quantitative estimate of drug-likeness (QED) is 0.0196. The van der Waals surface area contributed by atoms with Crippen molar-refractivity contribution in [2.75, 3.05) is 50.1 Å². The monoisotopic (exact) mass is 1100 g/mol. The minimum Gasteiger partial charge on any atom is -0.486 e. The third kappa shape index (κ3) is 11.3. The maximum Gasteiger partial charge on any atom is 0.319 e. The largest absolute Gasteiger partial charge is 0.486 e. The zero-order valence-electron chi connectivity index (χ0n) is 46.3. The number of fused-ring (bicyclic) bond motifs is 3. The number of aliphatic hydroxyl groups excluding tert-OH is 1. The maximum atomic E-state index is 16.0. The Morgan fingerprint density at radius 2 is 1.80 bits per heavy atom. The summed E-state index contributed by atoms with van der Waals surface area (Å²) in [6.07, 6.45) is 9.64. The van der Waals surface area contributed by atoms with Gasteiger partial charge in [-0.05, 0) is 104 Å². The molecule has 1 aliphatic carbocycles. The van der Waals surface area contributed by atoms with Crippen molar-refractivity contribution >= 4 is 52.4 Å². The second-order valence-corrected chi connectivity index (χ2v) is 22.4. The van der Waals surface area contributed by atoms with Crippen LogP contribution in [0, 0.1) is 31.0 Å². The molecule has 2 bridgehead atoms. The molecule has 4 saturated heterocycles. The molecule has 6 heterocycles. The molecule has 11 rings (SSSR count). The maximum absolute atomic E-state index is 16.0. The first-order valence-electron chi connectivity index (χ1n) is 28.3. The number of aryl methyl sites for hydroxylation is 1. The molecule has 1 saturated carbocycles. The minimum absolute atomic E-state index is 0.0722. The standard InChI is InChI=1S/C62H71FN12O6/c1-34(2)55(61(78)74-22-6-8-52(74)60(77)70-51(32-76)40-15-17-41(18-16-40)56-35(3)7-5-21-67-56)69-30-50(73-66)39-11-9-37(10-12-39)33-80-58-54(53-36(4)48(63)27-49(65)47(53)28-64)45(38-13-14-38)26-46-57(58)71-62(81-44-19-23-79-24-20-44)72-59(46)75-31-42-25-43(75)29-68-42/h5,7,9-12,15-18,21,26-28,30,34,38,42-44,51-52,55,64,68,76H,6,8,13-14,19-20,22-25,29,31-33,65-66H2,1-4H3,(H,70,77)/b64-28?,69-30?,73-50+/t42-,43-,51-,52-,55-/m0/s1. The lowest BCUT2D eigenvalue weighted by Crippen LogP contribution is -2.50. The molecule has 81 heavy (non-hydrogen) atoms. The topological polar surface area (TPSA) is 252 Å². The number of rotatable bonds is 19. The first-order chi connectivity index (χ1) is 39.3. The molecule has 19 heteroatoms. The number of aliphatic hydroxyl groups is 1. The van der Waals surface area contributed by atoms with E-state index >= 15 is 4.39 Å². The molecule has 8 N–H and O–H groups in total. The van der Waals surface area contributed by atoms with E-state index in [0.717, 1.165) is 77.1 Å². The van der Waals surface area contributed by atoms with Gasteiger partial charge in [0, 0.05) is 95.9 Å². The van der Waals surface area contributed by atoms with Crippen LogP contribution in [0.5, 0.6) is 11.8 Å². The van der Waals surface area contributed by atoms with Crippen molar-refractivity contribution in [2.24, 2.45) is 21.9 Å². The highest BCUT2D eigenvalue weighted by atomic mass is 19.1. The summed E-state index contributed by atoms with van der Waals surface area (Å²) in [5.41, 5.74) is 15.3. The lowest BCUT2D eigenvalue weighted by atomic mass is 9.87. The average Bonchev–Trinajstić information content (AvgIpc) is 4.06. The molecular weight excluding hydrogens is 1030 g/mol. The van der Waals surface area contributed by atoms with Gasteiger partial charge in [0.25, 0.3) is 0 Å². The lowest BCUT2D eigenvalue weighted by molar-refractivity contribution is -0.140. The van der Waals surface area contributed by atoms with E-state index in [1.807, 2.05) is 81.4 Å². The highest BCUT2D eigenvalue weighted by Gasteiger charge is 2.42. The number of aromatic nitrogens is 3. The van der Waals surface area contributed by atoms with Gasteiger partial charge < -0.3 is 56.7 Å². The Labute approximate surface area is 471 Å². The van der Waals surface area contributed by atoms with Crippen LogP contribution in [0.1, 0.15) is 110 Å². The van der Waals surface area contributed by atoms with Crippen LogP contribution in [0.15, 0.2) is 89.1 Å². The van der Waals surface area contributed by atoms with Gasteiger partial charge in [0.05, 0.1) is 37.8 Å². The number of hydrogen-bond acceptors (Lipinski definition) is 16. The average molecular weight is 1100 g/mol. The van der Waals surface area contributed by atoms with E-state index in [0.29, 0.717) is 96.3 Å². The summed E-state index contributed by atoms with van der Waals surface area (Å²) in [4.78, 5) is 51.9. The molecule has 4 aromatic carbocycles. The number of nitrogens with two attached hydrogens (primary N) is 2. The molecule has 6 aromatic rings. The number of ether oxygens (including phenoxy) is 3. The molecule has 0 radical (unpaired) electrons. The fourth-order valence-corrected chi connectivity index (χ4v) is 12.1. The Hall–Kier alpha value is -7.87. The number of piperazine rings is 1. The number of hydrogen-bond donors (Lipinski definition) is 6. The molecule has 422 valence electrons. The number of amides is 2. The Morgan fingerprint density at radius 1 is 1.02 bits per heavy atom. The van der Waals surface area contributed by atoms with Crippen molar-refractivity contribution in [2.45, 2.75) is 121 Å². The van der Waals surface area contributed by atoms with Crippen LogP contribution in [-0.2, 0) is 20.9 Å². The molecule has 4 aliphatic heterocycles. The van der Waals surface area contributed by atoms with Gasteiger partial charge in [-0.3, -0.25) is 19.6 Å². The molecule has 5 fully saturated rings. The van der Waals surface area contributed by atoms with Gasteiger partial charge in [-0.1, -0.05) is 68.4 Å². The third-order valence-corrected chi connectivity index (χ3v) is 16.7. The Kier molecular flexibility index (Phi) is 16.1. The fourth-order valence-electron chi connectivity index (χ4n) is 12.1. The van der Waals surface area contributed by atoms with Crippen molar-refractivity contribution in [3.63, 3.8) is 0 Å². The number of hydrazone groups is 1. The van der Waals surface area contributed by atoms with Gasteiger partial charge in [0.1, 0.15) is 47.7 Å². The molecule has 18 nitrogen and oxygen atoms in total. The summed E-state index contributed by atoms with van der Waals surface area (Å²) < 4.78 is 35.3. The smallest absolute Gasteiger partial charge is 0.319 e. The van der Waals surface area contributed by atoms with Crippen LogP contribution in [0.4, 0.5) is 15.9 Å². The molecule has 2 amide bonds. The molecule has 5 atom stereocenters. The molecule has 2 aromatic heterocycles. The first kappa shape index (κ1) is 55.1. The molecule has 5 aliphatic rings. The summed E-state index contributed by atoms with van der Waals surface area (Å²) in [7, 11) is 0. The summed E-state index contributed by atoms with van der Waals surface area (Å²) in [6, 6.07) is 21.0. The van der Waals surface area contributed by atoms with Crippen LogP contribution in [0.2, 0.25) is 0 Å². The number of nitrogens with zero attached hydrogens (tertiary/aromatic N) is 7. The van der Waals surface area contributed by atoms with E-state index < -0.39 is 23.9 Å². The number of carbonyl (C=O) groups is 2. The summed E-state index contributed by atoms with van der Waals surface area (Å²) >= 11 is 0. The van der Waals surface area contributed by atoms with Gasteiger partial charge in [-0.25, -0.2) is 4.39 Å². The Morgan fingerprint density at radius 3 is 2.47 bits per heavy atom. The van der Waals surface area contributed by atoms with Gasteiger partial charge in [0.2, 0.25) is 11.8 Å². The fraction of sp³-hybridized carbons (Fsp3) is 0.419. The number of carbonyl (C=O) groups excluding carboxylic acids is 2. The number of pyridine rings is 1. The number of nitrogen functional groups attached to an aromatic ring is 1. The summed E-state index contributed by atoms with van der Waals surface area (Å²) in [5.74, 6) is 6.02. The van der Waals surface area contributed by atoms with Crippen LogP contribution in [0.25, 0.3) is 33.3 Å². The highest BCUT2D eigenvalue weighted by molar-refractivity contribution is 6.38. The molecular formula is C62H71FN12O6. The van der Waals surface area contributed by atoms with Gasteiger partial charge in [0.15, 0.2) is 5.75 Å². The van der Waals surface area contributed by atoms with E-state index in [9.17, 15) is 14.7 Å². The Balaban J connectivity index is 0.856. The van der Waals surface area contributed by atoms with Gasteiger partial charge in [-0.15, -0.1) is 0 Å². The van der Waals surface area contributed by atoms with Crippen LogP contribution < -0.4 is 36.6 Å². The van der Waals surface area contributed by atoms with Gasteiger partial charge in [-0.2, -0.15) is 15.1 Å². The molecule has 0 unspecified atom stereocenters. The minimum atomic E-state index is -0.844. The normalized spacial score (nSPS) is 20.1. The van der Waals surface area contributed by atoms with Crippen molar-refractivity contribution < 1.29 is 33.3 Å². The number of anilines is 2. The van der Waals surface area contributed by atoms with E-state index in [1.54, 1.807) is 18.0 Å². The van der Waals surface area contributed by atoms with Crippen LogP contribution >= 0.6 is 0 Å². The summed E-state index contributed by atoms with van der Waals surface area (Å²) in [5, 5.41) is 30.5. The lowest BCUT2D eigenvalue weighted by Gasteiger charge is -2.31. The predicted molar refractivity (Wildman–Crippen MR) is 312 cm³/mol. The van der Waals surface area contributed by atoms with E-state index in [1.165, 1.54) is 18.5 Å². The number of halogens is 1. The van der Waals surface area contributed by atoms with E-state index in [4.69, 9.17) is 46.2 Å². The van der Waals surface area contributed by atoms with Crippen molar-refractivity contribution in [3.05, 3.63) is 124 Å². The zero-order valence-corrected chi connectivity index (χ0v) is 46.3. The van der Waals surface area contributed by atoms with Gasteiger partial charge >= 0.3 is 6.01 Å².